The Balaban J connectivity index is -0.000000112. The third-order valence-electron chi connectivity index (χ3n) is 3.02. The molecule has 0 aromatic heterocycles. The second kappa shape index (κ2) is 39.8. The quantitative estimate of drug-likeness (QED) is 0.179. The van der Waals surface area contributed by atoms with Crippen LogP contribution in [0.25, 0.3) is 0 Å². The van der Waals surface area contributed by atoms with Crippen molar-refractivity contribution in [3.05, 3.63) is 13.8 Å². The molecule has 0 aromatic carbocycles. The number of esters is 1. The second-order valence-electron chi connectivity index (χ2n) is 5.50. The molecule has 25 heavy (non-hydrogen) atoms. The van der Waals surface area contributed by atoms with Gasteiger partial charge in [-0.15, -0.1) is 0 Å². The fourth-order valence-electron chi connectivity index (χ4n) is 1.40. The molecule has 0 heterocycles. The van der Waals surface area contributed by atoms with Gasteiger partial charge in [-0.1, -0.05) is 98.8 Å². The van der Waals surface area contributed by atoms with Crippen molar-refractivity contribution in [3.63, 3.8) is 0 Å². The van der Waals surface area contributed by atoms with E-state index in [1.54, 1.807) is 0 Å². The molecule has 0 atom stereocenters. The Hall–Kier alpha value is 0.909. The maximum atomic E-state index is 10.9. The minimum atomic E-state index is -0.143. The number of carbonyl (C=O) groups excluding carboxylic acids is 1. The van der Waals surface area contributed by atoms with E-state index in [-0.39, 0.29) is 42.3 Å². The molecule has 0 aliphatic carbocycles. The number of rotatable bonds is 12. The monoisotopic (exact) mass is 500 g/mol. The molecule has 0 spiro atoms. The summed E-state index contributed by atoms with van der Waals surface area (Å²) in [5.41, 5.74) is 0. The molecule has 0 N–H and O–H groups in total. The van der Waals surface area contributed by atoms with E-state index in [2.05, 4.69) is 47.2 Å². The number of halogens is 1. The Morgan fingerprint density at radius 3 is 1.60 bits per heavy atom. The molecule has 0 amide bonds. The molecule has 0 saturated carbocycles. The summed E-state index contributed by atoms with van der Waals surface area (Å²) >= 11 is 4.69. The normalized spacial score (nSPS) is 8.56. The summed E-state index contributed by atoms with van der Waals surface area (Å²) < 4.78 is 5.00. The predicted molar refractivity (Wildman–Crippen MR) is 112 cm³/mol. The largest absolute Gasteiger partial charge is 2.00 e. The maximum Gasteiger partial charge on any atom is 2.00 e. The zero-order valence-corrected chi connectivity index (χ0v) is 21.3. The Morgan fingerprint density at radius 1 is 0.840 bits per heavy atom. The molecule has 0 aliphatic heterocycles. The molecule has 0 saturated heterocycles. The van der Waals surface area contributed by atoms with Gasteiger partial charge < -0.3 is 29.8 Å². The first-order chi connectivity index (χ1) is 11.1. The van der Waals surface area contributed by atoms with Crippen LogP contribution in [0.4, 0.5) is 0 Å². The van der Waals surface area contributed by atoms with Crippen LogP contribution in [0.3, 0.4) is 0 Å². The van der Waals surface area contributed by atoms with Crippen molar-refractivity contribution in [2.75, 3.05) is 12.4 Å². The molecule has 2 nitrogen and oxygen atoms in total. The fourth-order valence-corrected chi connectivity index (χ4v) is 1.57. The molecule has 0 fully saturated rings. The third kappa shape index (κ3) is 51.7. The Kier molecular flexibility index (Phi) is 58.6. The summed E-state index contributed by atoms with van der Waals surface area (Å²) in [5.74, 6) is 0.325. The molecule has 0 rings (SSSR count). The topological polar surface area (TPSA) is 26.3 Å². The van der Waals surface area contributed by atoms with Crippen LogP contribution in [0, 0.1) is 13.8 Å². The zero-order chi connectivity index (χ0) is 18.2. The van der Waals surface area contributed by atoms with Crippen LogP contribution in [0.2, 0.25) is 0 Å². The average molecular weight is 500 g/mol. The van der Waals surface area contributed by atoms with E-state index in [4.69, 9.17) is 4.74 Å². The molecule has 150 valence electrons. The summed E-state index contributed by atoms with van der Waals surface area (Å²) in [7, 11) is 0. The molecule has 0 bridgehead atoms. The first-order valence-electron chi connectivity index (χ1n) is 9.46. The number of carbonyl (C=O) groups is 1. The average Bonchev–Trinajstić information content (AvgIpc) is 2.58. The molecule has 0 unspecified atom stereocenters. The number of ether oxygens (including phenoxy) is 1. The Labute approximate surface area is 187 Å². The fraction of sp³-hybridized carbons (Fsp3) is 0.850. The molecular formula is C20H41ClO2SSn. The van der Waals surface area contributed by atoms with Crippen LogP contribution in [-0.4, -0.2) is 42.2 Å². The van der Waals surface area contributed by atoms with Gasteiger partial charge in [0.1, 0.15) is 0 Å². The van der Waals surface area contributed by atoms with E-state index in [9.17, 15) is 4.79 Å². The van der Waals surface area contributed by atoms with E-state index in [0.29, 0.717) is 18.8 Å². The van der Waals surface area contributed by atoms with Gasteiger partial charge in [-0.3, -0.25) is 4.79 Å². The Morgan fingerprint density at radius 2 is 1.24 bits per heavy atom. The number of hydrogen-bond acceptors (Lipinski definition) is 3. The molecule has 5 heteroatoms. The van der Waals surface area contributed by atoms with Gasteiger partial charge >= 0.3 is 29.9 Å². The summed E-state index contributed by atoms with van der Waals surface area (Å²) in [5, 5.41) is 0. The summed E-state index contributed by atoms with van der Waals surface area (Å²) in [6.07, 6.45) is 13.7. The smallest absolute Gasteiger partial charge is 1.00 e. The van der Waals surface area contributed by atoms with Gasteiger partial charge in [-0.25, -0.2) is 0 Å². The van der Waals surface area contributed by atoms with Crippen LogP contribution in [-0.2, 0) is 22.2 Å². The van der Waals surface area contributed by atoms with Crippen molar-refractivity contribution in [1.29, 1.82) is 0 Å². The number of hydrogen-bond donors (Lipinski definition) is 0. The van der Waals surface area contributed by atoms with Crippen molar-refractivity contribution in [1.82, 2.24) is 0 Å². The van der Waals surface area contributed by atoms with Gasteiger partial charge in [0.25, 0.3) is 0 Å². The van der Waals surface area contributed by atoms with Crippen LogP contribution in [0.5, 0.6) is 0 Å². The zero-order valence-electron chi connectivity index (χ0n) is 16.9. The molecule has 4 radical (unpaired) electrons. The minimum Gasteiger partial charge on any atom is -1.00 e. The SMILES string of the molecule is CCCCCCCCCOC(=O)CC[S-].[CH2]CCC.[CH2]CCC.[Cl-].[Sn+2]. The molecule has 0 aromatic rings. The first kappa shape index (κ1) is 36.8. The standard InChI is InChI=1S/C12H24O2S.2C4H9.ClH.Sn/c1-2-3-4-5-6-7-8-10-14-12(13)9-11-15;2*1-3-4-2;;/h15H,2-11H2,1H3;2*1,3-4H2,2H3;1H;/q;;;;+2/p-2. The van der Waals surface area contributed by atoms with Crippen LogP contribution in [0.15, 0.2) is 0 Å². The summed E-state index contributed by atoms with van der Waals surface area (Å²) in [4.78, 5) is 10.9. The van der Waals surface area contributed by atoms with Gasteiger partial charge in [0.15, 0.2) is 0 Å². The Bertz CT molecular complexity index is 200. The van der Waals surface area contributed by atoms with Crippen molar-refractivity contribution >= 4 is 42.5 Å². The van der Waals surface area contributed by atoms with Crippen molar-refractivity contribution in [2.24, 2.45) is 0 Å². The van der Waals surface area contributed by atoms with Crippen LogP contribution in [0.1, 0.15) is 97.8 Å². The summed E-state index contributed by atoms with van der Waals surface area (Å²) in [6, 6.07) is 0. The van der Waals surface area contributed by atoms with E-state index in [0.717, 1.165) is 19.3 Å². The van der Waals surface area contributed by atoms with E-state index < -0.39 is 0 Å². The van der Waals surface area contributed by atoms with Gasteiger partial charge in [0.05, 0.1) is 6.61 Å². The van der Waals surface area contributed by atoms with Crippen molar-refractivity contribution < 1.29 is 21.9 Å². The van der Waals surface area contributed by atoms with Crippen molar-refractivity contribution in [3.8, 4) is 0 Å². The molecule has 0 aliphatic rings. The number of unbranched alkanes of at least 4 members (excludes halogenated alkanes) is 8. The van der Waals surface area contributed by atoms with Crippen molar-refractivity contribution in [2.45, 2.75) is 97.8 Å². The van der Waals surface area contributed by atoms with Crippen LogP contribution >= 0.6 is 0 Å². The van der Waals surface area contributed by atoms with E-state index in [1.807, 2.05) is 0 Å². The predicted octanol–water partition coefficient (Wildman–Crippen LogP) is 3.08. The van der Waals surface area contributed by atoms with Crippen LogP contribution < -0.4 is 12.4 Å². The van der Waals surface area contributed by atoms with Gasteiger partial charge in [-0.2, -0.15) is 5.75 Å². The third-order valence-corrected chi connectivity index (χ3v) is 3.23. The first-order valence-corrected chi connectivity index (χ1v) is 10.0. The molecular weight excluding hydrogens is 458 g/mol. The summed E-state index contributed by atoms with van der Waals surface area (Å²) in [6.45, 7) is 14.2. The van der Waals surface area contributed by atoms with Gasteiger partial charge in [0, 0.05) is 6.42 Å². The maximum absolute atomic E-state index is 10.9. The minimum absolute atomic E-state index is 0. The van der Waals surface area contributed by atoms with E-state index >= 15 is 0 Å². The van der Waals surface area contributed by atoms with E-state index in [1.165, 1.54) is 51.4 Å². The van der Waals surface area contributed by atoms with Gasteiger partial charge in [0.2, 0.25) is 0 Å². The van der Waals surface area contributed by atoms with Gasteiger partial charge in [-0.05, 0) is 6.42 Å². The second-order valence-corrected chi connectivity index (χ2v) is 5.91.